The SMILES string of the molecule is CC(C)OCCCNc1c(N2CCN(S(=O)(=O)N(C)C)CC2)cnn(-c2ccccc2)c1=O. The van der Waals surface area contributed by atoms with Crippen LogP contribution in [-0.2, 0) is 14.9 Å². The van der Waals surface area contributed by atoms with Gasteiger partial charge in [-0.3, -0.25) is 4.79 Å². The number of hydrogen-bond donors (Lipinski definition) is 1. The lowest BCUT2D eigenvalue weighted by atomic mass is 10.2. The molecule has 11 heteroatoms. The van der Waals surface area contributed by atoms with Gasteiger partial charge in [-0.25, -0.2) is 0 Å². The van der Waals surface area contributed by atoms with Gasteiger partial charge >= 0.3 is 0 Å². The lowest BCUT2D eigenvalue weighted by Gasteiger charge is -2.36. The molecule has 1 aliphatic heterocycles. The maximum absolute atomic E-state index is 13.4. The fraction of sp³-hybridized carbons (Fsp3) is 0.545. The van der Waals surface area contributed by atoms with Crippen molar-refractivity contribution in [3.8, 4) is 5.69 Å². The van der Waals surface area contributed by atoms with Gasteiger partial charge in [0.15, 0.2) is 0 Å². The largest absolute Gasteiger partial charge is 0.379 e. The zero-order chi connectivity index (χ0) is 24.0. The molecule has 0 bridgehead atoms. The van der Waals surface area contributed by atoms with Crippen molar-refractivity contribution in [2.75, 3.05) is 63.6 Å². The highest BCUT2D eigenvalue weighted by atomic mass is 32.2. The second-order valence-electron chi connectivity index (χ2n) is 8.33. The van der Waals surface area contributed by atoms with E-state index in [0.717, 1.165) is 6.42 Å². The first-order valence-electron chi connectivity index (χ1n) is 11.2. The van der Waals surface area contributed by atoms with Gasteiger partial charge in [-0.15, -0.1) is 0 Å². The van der Waals surface area contributed by atoms with Crippen LogP contribution in [0.2, 0.25) is 0 Å². The first-order chi connectivity index (χ1) is 15.7. The Bertz CT molecular complexity index is 1060. The Morgan fingerprint density at radius 2 is 1.79 bits per heavy atom. The number of para-hydroxylation sites is 1. The van der Waals surface area contributed by atoms with Crippen LogP contribution in [0.3, 0.4) is 0 Å². The van der Waals surface area contributed by atoms with E-state index in [4.69, 9.17) is 4.74 Å². The highest BCUT2D eigenvalue weighted by molar-refractivity contribution is 7.86. The third-order valence-electron chi connectivity index (χ3n) is 5.40. The van der Waals surface area contributed by atoms with Crippen LogP contribution in [0.25, 0.3) is 5.69 Å². The first kappa shape index (κ1) is 25.2. The summed E-state index contributed by atoms with van der Waals surface area (Å²) in [4.78, 5) is 15.4. The van der Waals surface area contributed by atoms with Gasteiger partial charge in [0.25, 0.3) is 15.8 Å². The third-order valence-corrected chi connectivity index (χ3v) is 7.34. The van der Waals surface area contributed by atoms with Gasteiger partial charge in [0, 0.05) is 53.4 Å². The molecule has 10 nitrogen and oxygen atoms in total. The molecule has 2 heterocycles. The van der Waals surface area contributed by atoms with E-state index in [9.17, 15) is 13.2 Å². The molecule has 1 aromatic carbocycles. The molecule has 0 spiro atoms. The van der Waals surface area contributed by atoms with E-state index in [1.165, 1.54) is 27.4 Å². The normalized spacial score (nSPS) is 15.4. The van der Waals surface area contributed by atoms with Crippen LogP contribution in [0.1, 0.15) is 20.3 Å². The number of nitrogens with one attached hydrogen (secondary N) is 1. The summed E-state index contributed by atoms with van der Waals surface area (Å²) in [5.74, 6) is 0. The van der Waals surface area contributed by atoms with Crippen LogP contribution >= 0.6 is 0 Å². The number of piperazine rings is 1. The molecule has 0 amide bonds. The van der Waals surface area contributed by atoms with E-state index >= 15 is 0 Å². The molecule has 0 saturated carbocycles. The molecular formula is C22H34N6O4S. The molecular weight excluding hydrogens is 444 g/mol. The van der Waals surface area contributed by atoms with Gasteiger partial charge in [0.1, 0.15) is 5.69 Å². The van der Waals surface area contributed by atoms with Crippen LogP contribution < -0.4 is 15.8 Å². The predicted octanol–water partition coefficient (Wildman–Crippen LogP) is 1.39. The molecule has 0 radical (unpaired) electrons. The number of nitrogens with zero attached hydrogens (tertiary/aromatic N) is 5. The summed E-state index contributed by atoms with van der Waals surface area (Å²) in [6.07, 6.45) is 2.59. The van der Waals surface area contributed by atoms with Crippen LogP contribution in [0.5, 0.6) is 0 Å². The topological polar surface area (TPSA) is 100 Å². The molecule has 3 rings (SSSR count). The molecule has 1 aromatic heterocycles. The smallest absolute Gasteiger partial charge is 0.296 e. The maximum Gasteiger partial charge on any atom is 0.296 e. The monoisotopic (exact) mass is 478 g/mol. The van der Waals surface area contributed by atoms with Crippen molar-refractivity contribution in [3.05, 3.63) is 46.9 Å². The van der Waals surface area contributed by atoms with Gasteiger partial charge in [0.2, 0.25) is 0 Å². The summed E-state index contributed by atoms with van der Waals surface area (Å²) >= 11 is 0. The Hall–Kier alpha value is -2.47. The summed E-state index contributed by atoms with van der Waals surface area (Å²) in [6, 6.07) is 9.27. The van der Waals surface area contributed by atoms with E-state index in [1.54, 1.807) is 6.20 Å². The van der Waals surface area contributed by atoms with Crippen LogP contribution in [0.15, 0.2) is 41.3 Å². The molecule has 33 heavy (non-hydrogen) atoms. The van der Waals surface area contributed by atoms with Gasteiger partial charge in [-0.05, 0) is 32.4 Å². The first-order valence-corrected chi connectivity index (χ1v) is 12.6. The van der Waals surface area contributed by atoms with Gasteiger partial charge in [-0.1, -0.05) is 18.2 Å². The second kappa shape index (κ2) is 11.1. The van der Waals surface area contributed by atoms with E-state index in [1.807, 2.05) is 49.1 Å². The quantitative estimate of drug-likeness (QED) is 0.515. The van der Waals surface area contributed by atoms with Crippen LogP contribution in [-0.4, -0.2) is 86.3 Å². The molecule has 182 valence electrons. The van der Waals surface area contributed by atoms with E-state index in [0.29, 0.717) is 56.4 Å². The van der Waals surface area contributed by atoms with Crippen molar-refractivity contribution in [2.24, 2.45) is 0 Å². The van der Waals surface area contributed by atoms with E-state index in [-0.39, 0.29) is 11.7 Å². The molecule has 0 aliphatic carbocycles. The average Bonchev–Trinajstić information content (AvgIpc) is 2.80. The van der Waals surface area contributed by atoms with Crippen molar-refractivity contribution in [1.29, 1.82) is 0 Å². The lowest BCUT2D eigenvalue weighted by molar-refractivity contribution is 0.0787. The third kappa shape index (κ3) is 6.11. The zero-order valence-electron chi connectivity index (χ0n) is 19.8. The summed E-state index contributed by atoms with van der Waals surface area (Å²) < 4.78 is 34.5. The highest BCUT2D eigenvalue weighted by Crippen LogP contribution is 2.24. The summed E-state index contributed by atoms with van der Waals surface area (Å²) in [6.45, 7) is 6.76. The van der Waals surface area contributed by atoms with Crippen molar-refractivity contribution in [1.82, 2.24) is 18.4 Å². The van der Waals surface area contributed by atoms with Crippen molar-refractivity contribution in [3.63, 3.8) is 0 Å². The molecule has 1 N–H and O–H groups in total. The Kier molecular flexibility index (Phi) is 8.46. The summed E-state index contributed by atoms with van der Waals surface area (Å²) in [5, 5.41) is 7.69. The second-order valence-corrected chi connectivity index (χ2v) is 10.5. The number of aromatic nitrogens is 2. The van der Waals surface area contributed by atoms with Gasteiger partial charge in [-0.2, -0.15) is 26.8 Å². The molecule has 1 saturated heterocycles. The highest BCUT2D eigenvalue weighted by Gasteiger charge is 2.30. The number of rotatable bonds is 10. The van der Waals surface area contributed by atoms with Crippen molar-refractivity contribution < 1.29 is 13.2 Å². The van der Waals surface area contributed by atoms with Crippen molar-refractivity contribution >= 4 is 21.6 Å². The summed E-state index contributed by atoms with van der Waals surface area (Å²) in [5.41, 5.74) is 1.58. The molecule has 2 aromatic rings. The fourth-order valence-electron chi connectivity index (χ4n) is 3.60. The molecule has 0 atom stereocenters. The minimum absolute atomic E-state index is 0.159. The van der Waals surface area contributed by atoms with E-state index in [2.05, 4.69) is 10.4 Å². The fourth-order valence-corrected chi connectivity index (χ4v) is 4.69. The van der Waals surface area contributed by atoms with Crippen molar-refractivity contribution in [2.45, 2.75) is 26.4 Å². The average molecular weight is 479 g/mol. The Morgan fingerprint density at radius 3 is 2.39 bits per heavy atom. The lowest BCUT2D eigenvalue weighted by Crippen LogP contribution is -2.52. The van der Waals surface area contributed by atoms with Crippen LogP contribution in [0, 0.1) is 0 Å². The molecule has 1 fully saturated rings. The number of anilines is 2. The van der Waals surface area contributed by atoms with Gasteiger partial charge in [0.05, 0.1) is 23.7 Å². The Morgan fingerprint density at radius 1 is 1.12 bits per heavy atom. The standard InChI is InChI=1S/C22H34N6O4S/c1-18(2)32-16-8-11-23-21-20(17-24-28(22(21)29)19-9-6-5-7-10-19)26-12-14-27(15-13-26)33(30,31)25(3)4/h5-7,9-10,17-18,23H,8,11-16H2,1-4H3. The molecule has 1 aliphatic rings. The minimum Gasteiger partial charge on any atom is -0.379 e. The van der Waals surface area contributed by atoms with Crippen LogP contribution in [0.4, 0.5) is 11.4 Å². The Balaban J connectivity index is 1.83. The van der Waals surface area contributed by atoms with E-state index < -0.39 is 10.2 Å². The summed E-state index contributed by atoms with van der Waals surface area (Å²) in [7, 11) is -0.410. The molecule has 0 unspecified atom stereocenters. The number of hydrogen-bond acceptors (Lipinski definition) is 7. The number of ether oxygens (including phenoxy) is 1. The predicted molar refractivity (Wildman–Crippen MR) is 130 cm³/mol. The zero-order valence-corrected chi connectivity index (χ0v) is 20.6. The minimum atomic E-state index is -3.47. The number of benzene rings is 1. The van der Waals surface area contributed by atoms with Gasteiger partial charge < -0.3 is 15.0 Å². The maximum atomic E-state index is 13.4. The Labute approximate surface area is 195 Å².